The van der Waals surface area contributed by atoms with Crippen LogP contribution in [0.3, 0.4) is 0 Å². The van der Waals surface area contributed by atoms with Gasteiger partial charge in [0.15, 0.2) is 5.82 Å². The van der Waals surface area contributed by atoms with Crippen molar-refractivity contribution in [2.45, 2.75) is 32.9 Å². The molecular formula is C20H23N5O2. The fraction of sp³-hybridized carbons (Fsp3) is 0.300. The molecule has 0 unspecified atom stereocenters. The van der Waals surface area contributed by atoms with Crippen LogP contribution in [-0.2, 0) is 6.54 Å². The Labute approximate surface area is 158 Å². The monoisotopic (exact) mass is 365 g/mol. The molecule has 0 aliphatic carbocycles. The van der Waals surface area contributed by atoms with Crippen molar-refractivity contribution in [2.75, 3.05) is 7.11 Å². The van der Waals surface area contributed by atoms with Crippen LogP contribution >= 0.6 is 0 Å². The van der Waals surface area contributed by atoms with E-state index in [-0.39, 0.29) is 11.4 Å². The van der Waals surface area contributed by atoms with E-state index < -0.39 is 0 Å². The molecule has 2 aromatic carbocycles. The molecule has 0 aliphatic heterocycles. The van der Waals surface area contributed by atoms with Crippen LogP contribution in [0.1, 0.15) is 36.7 Å². The maximum Gasteiger partial charge on any atom is 0.251 e. The summed E-state index contributed by atoms with van der Waals surface area (Å²) in [6, 6.07) is 15.0. The van der Waals surface area contributed by atoms with Gasteiger partial charge in [-0.2, -0.15) is 0 Å². The molecule has 0 saturated heterocycles. The molecule has 0 fully saturated rings. The highest BCUT2D eigenvalue weighted by Crippen LogP contribution is 2.19. The van der Waals surface area contributed by atoms with E-state index in [9.17, 15) is 4.79 Å². The van der Waals surface area contributed by atoms with Crippen LogP contribution in [0.25, 0.3) is 11.4 Å². The average Bonchev–Trinajstić information content (AvgIpc) is 3.09. The highest BCUT2D eigenvalue weighted by Gasteiger charge is 2.16. The van der Waals surface area contributed by atoms with Crippen LogP contribution in [0.2, 0.25) is 0 Å². The zero-order chi connectivity index (χ0) is 19.4. The number of rotatable bonds is 5. The number of aromatic nitrogens is 4. The molecule has 0 aliphatic rings. The van der Waals surface area contributed by atoms with Crippen molar-refractivity contribution in [2.24, 2.45) is 0 Å². The molecule has 140 valence electrons. The number of nitrogens with zero attached hydrogens (tertiary/aromatic N) is 4. The number of amides is 1. The van der Waals surface area contributed by atoms with Crippen LogP contribution in [-0.4, -0.2) is 38.8 Å². The van der Waals surface area contributed by atoms with Gasteiger partial charge in [-0.3, -0.25) is 4.79 Å². The lowest BCUT2D eigenvalue weighted by Gasteiger charge is -2.20. The molecule has 3 aromatic rings. The van der Waals surface area contributed by atoms with Gasteiger partial charge in [-0.15, -0.1) is 5.10 Å². The lowest BCUT2D eigenvalue weighted by molar-refractivity contribution is 0.0919. The van der Waals surface area contributed by atoms with Crippen LogP contribution < -0.4 is 10.1 Å². The van der Waals surface area contributed by atoms with Gasteiger partial charge in [-0.05, 0) is 61.0 Å². The van der Waals surface area contributed by atoms with Crippen molar-refractivity contribution in [3.63, 3.8) is 0 Å². The van der Waals surface area contributed by atoms with Crippen molar-refractivity contribution >= 4 is 5.91 Å². The van der Waals surface area contributed by atoms with E-state index in [2.05, 4.69) is 20.8 Å². The number of benzene rings is 2. The average molecular weight is 365 g/mol. The topological polar surface area (TPSA) is 81.9 Å². The molecule has 0 atom stereocenters. The zero-order valence-electron chi connectivity index (χ0n) is 15.9. The van der Waals surface area contributed by atoms with E-state index in [0.29, 0.717) is 17.9 Å². The van der Waals surface area contributed by atoms with Gasteiger partial charge in [0.05, 0.1) is 13.7 Å². The van der Waals surface area contributed by atoms with E-state index in [4.69, 9.17) is 4.74 Å². The van der Waals surface area contributed by atoms with Gasteiger partial charge in [-0.1, -0.05) is 24.3 Å². The summed E-state index contributed by atoms with van der Waals surface area (Å²) in [4.78, 5) is 12.3. The second-order valence-corrected chi connectivity index (χ2v) is 7.29. The van der Waals surface area contributed by atoms with Crippen LogP contribution in [0, 0.1) is 0 Å². The fourth-order valence-electron chi connectivity index (χ4n) is 2.61. The van der Waals surface area contributed by atoms with E-state index in [1.807, 2.05) is 57.2 Å². The summed E-state index contributed by atoms with van der Waals surface area (Å²) in [5.41, 5.74) is 2.23. The Bertz CT molecular complexity index is 909. The molecule has 0 bridgehead atoms. The summed E-state index contributed by atoms with van der Waals surface area (Å²) in [6.07, 6.45) is 0. The quantitative estimate of drug-likeness (QED) is 0.752. The molecule has 7 heteroatoms. The number of methoxy groups -OCH3 is 1. The Morgan fingerprint density at radius 2 is 1.74 bits per heavy atom. The normalized spacial score (nSPS) is 11.3. The minimum Gasteiger partial charge on any atom is -0.497 e. The predicted octanol–water partition coefficient (Wildman–Crippen LogP) is 2.93. The van der Waals surface area contributed by atoms with E-state index >= 15 is 0 Å². The number of carbonyl (C=O) groups excluding carboxylic acids is 1. The van der Waals surface area contributed by atoms with Gasteiger partial charge in [-0.25, -0.2) is 4.68 Å². The van der Waals surface area contributed by atoms with Gasteiger partial charge >= 0.3 is 0 Å². The molecule has 1 aromatic heterocycles. The predicted molar refractivity (Wildman–Crippen MR) is 103 cm³/mol. The first-order valence-electron chi connectivity index (χ1n) is 8.68. The highest BCUT2D eigenvalue weighted by molar-refractivity contribution is 5.95. The zero-order valence-corrected chi connectivity index (χ0v) is 15.9. The molecule has 7 nitrogen and oxygen atoms in total. The minimum atomic E-state index is -0.280. The smallest absolute Gasteiger partial charge is 0.251 e. The second kappa shape index (κ2) is 7.57. The maximum atomic E-state index is 12.3. The lowest BCUT2D eigenvalue weighted by atomic mass is 10.1. The first-order valence-corrected chi connectivity index (χ1v) is 8.68. The van der Waals surface area contributed by atoms with E-state index in [0.717, 1.165) is 16.9 Å². The fourth-order valence-corrected chi connectivity index (χ4v) is 2.61. The van der Waals surface area contributed by atoms with Crippen LogP contribution in [0.4, 0.5) is 0 Å². The second-order valence-electron chi connectivity index (χ2n) is 7.29. The summed E-state index contributed by atoms with van der Waals surface area (Å²) in [5, 5.41) is 15.0. The molecule has 0 saturated carbocycles. The van der Waals surface area contributed by atoms with Crippen molar-refractivity contribution < 1.29 is 9.53 Å². The molecule has 0 spiro atoms. The molecular weight excluding hydrogens is 342 g/mol. The number of hydrogen-bond acceptors (Lipinski definition) is 5. The highest BCUT2D eigenvalue weighted by atomic mass is 16.5. The number of tetrazole rings is 1. The summed E-state index contributed by atoms with van der Waals surface area (Å²) < 4.78 is 6.91. The van der Waals surface area contributed by atoms with Gasteiger partial charge in [0.1, 0.15) is 5.75 Å². The Morgan fingerprint density at radius 1 is 1.07 bits per heavy atom. The standard InChI is InChI=1S/C20H23N5O2/c1-20(2,3)21-19(26)16-9-7-15(8-10-16)18-22-23-24-25(18)13-14-5-11-17(27-4)12-6-14/h5-12H,13H2,1-4H3,(H,21,26). The summed E-state index contributed by atoms with van der Waals surface area (Å²) in [6.45, 7) is 6.39. The minimum absolute atomic E-state index is 0.105. The number of nitrogens with one attached hydrogen (secondary N) is 1. The summed E-state index contributed by atoms with van der Waals surface area (Å²) in [5.74, 6) is 1.35. The third-order valence-corrected chi connectivity index (χ3v) is 3.92. The van der Waals surface area contributed by atoms with Gasteiger partial charge in [0.2, 0.25) is 0 Å². The van der Waals surface area contributed by atoms with Crippen molar-refractivity contribution in [3.8, 4) is 17.1 Å². The summed E-state index contributed by atoms with van der Waals surface area (Å²) >= 11 is 0. The number of hydrogen-bond donors (Lipinski definition) is 1. The molecule has 0 radical (unpaired) electrons. The largest absolute Gasteiger partial charge is 0.497 e. The molecule has 1 amide bonds. The SMILES string of the molecule is COc1ccc(Cn2nnnc2-c2ccc(C(=O)NC(C)(C)C)cc2)cc1. The van der Waals surface area contributed by atoms with Gasteiger partial charge in [0, 0.05) is 16.7 Å². The third-order valence-electron chi connectivity index (χ3n) is 3.92. The Balaban J connectivity index is 1.77. The first kappa shape index (κ1) is 18.6. The Kier molecular flexibility index (Phi) is 5.21. The first-order chi connectivity index (χ1) is 12.9. The van der Waals surface area contributed by atoms with Gasteiger partial charge < -0.3 is 10.1 Å². The van der Waals surface area contributed by atoms with Crippen molar-refractivity contribution in [3.05, 3.63) is 59.7 Å². The Morgan fingerprint density at radius 3 is 2.33 bits per heavy atom. The summed E-state index contributed by atoms with van der Waals surface area (Å²) in [7, 11) is 1.64. The molecule has 1 heterocycles. The molecule has 3 rings (SSSR count). The van der Waals surface area contributed by atoms with E-state index in [1.165, 1.54) is 0 Å². The van der Waals surface area contributed by atoms with Gasteiger partial charge in [0.25, 0.3) is 5.91 Å². The van der Waals surface area contributed by atoms with Crippen molar-refractivity contribution in [1.82, 2.24) is 25.5 Å². The lowest BCUT2D eigenvalue weighted by Crippen LogP contribution is -2.40. The Hall–Kier alpha value is -3.22. The van der Waals surface area contributed by atoms with Crippen molar-refractivity contribution in [1.29, 1.82) is 0 Å². The van der Waals surface area contributed by atoms with E-state index in [1.54, 1.807) is 23.9 Å². The number of carbonyl (C=O) groups is 1. The van der Waals surface area contributed by atoms with Crippen LogP contribution in [0.15, 0.2) is 48.5 Å². The maximum absolute atomic E-state index is 12.3. The third kappa shape index (κ3) is 4.69. The van der Waals surface area contributed by atoms with Crippen LogP contribution in [0.5, 0.6) is 5.75 Å². The molecule has 27 heavy (non-hydrogen) atoms. The number of ether oxygens (including phenoxy) is 1. The molecule has 1 N–H and O–H groups in total.